The van der Waals surface area contributed by atoms with Gasteiger partial charge in [0, 0.05) is 4.47 Å². The lowest BCUT2D eigenvalue weighted by Gasteiger charge is -2.11. The topological polar surface area (TPSA) is 50.7 Å². The fraction of sp³-hybridized carbons (Fsp3) is 0.222. The van der Waals surface area contributed by atoms with Crippen molar-refractivity contribution in [3.8, 4) is 5.75 Å². The minimum atomic E-state index is -0.295. The molecule has 1 amide bonds. The summed E-state index contributed by atoms with van der Waals surface area (Å²) in [7, 11) is 0. The first-order valence-electron chi connectivity index (χ1n) is 7.24. The van der Waals surface area contributed by atoms with Gasteiger partial charge in [0.05, 0.1) is 6.21 Å². The lowest BCUT2D eigenvalue weighted by atomic mass is 10.1. The van der Waals surface area contributed by atoms with Crippen molar-refractivity contribution in [3.05, 3.63) is 63.1 Å². The van der Waals surface area contributed by atoms with Crippen LogP contribution in [0.25, 0.3) is 0 Å². The Morgan fingerprint density at radius 3 is 2.61 bits per heavy atom. The van der Waals surface area contributed by atoms with E-state index in [1.54, 1.807) is 6.21 Å². The van der Waals surface area contributed by atoms with Crippen LogP contribution in [-0.2, 0) is 4.79 Å². The number of hydrazone groups is 1. The second-order valence-electron chi connectivity index (χ2n) is 5.34. The summed E-state index contributed by atoms with van der Waals surface area (Å²) < 4.78 is 6.58. The van der Waals surface area contributed by atoms with E-state index in [1.165, 1.54) is 0 Å². The van der Waals surface area contributed by atoms with Crippen LogP contribution in [-0.4, -0.2) is 18.7 Å². The van der Waals surface area contributed by atoms with Gasteiger partial charge in [0.25, 0.3) is 5.91 Å². The number of rotatable bonds is 5. The maximum atomic E-state index is 11.8. The van der Waals surface area contributed by atoms with E-state index in [4.69, 9.17) is 4.74 Å². The molecule has 0 radical (unpaired) electrons. The van der Waals surface area contributed by atoms with E-state index < -0.39 is 0 Å². The zero-order valence-electron chi connectivity index (χ0n) is 13.4. The molecule has 0 aromatic heterocycles. The minimum absolute atomic E-state index is 0.0680. The molecule has 0 aliphatic rings. The van der Waals surface area contributed by atoms with Crippen molar-refractivity contribution in [2.75, 3.05) is 6.61 Å². The van der Waals surface area contributed by atoms with E-state index >= 15 is 0 Å². The average molecular weight is 375 g/mol. The summed E-state index contributed by atoms with van der Waals surface area (Å²) in [6.45, 7) is 5.94. The monoisotopic (exact) mass is 374 g/mol. The number of hydrogen-bond donors (Lipinski definition) is 1. The minimum Gasteiger partial charge on any atom is -0.483 e. The molecular weight excluding hydrogens is 356 g/mol. The van der Waals surface area contributed by atoms with Crippen molar-refractivity contribution in [2.45, 2.75) is 20.8 Å². The number of nitrogens with one attached hydrogen (secondary N) is 1. The third kappa shape index (κ3) is 5.21. The molecule has 0 saturated heterocycles. The summed E-state index contributed by atoms with van der Waals surface area (Å²) in [4.78, 5) is 11.8. The van der Waals surface area contributed by atoms with Crippen molar-refractivity contribution in [1.29, 1.82) is 0 Å². The smallest absolute Gasteiger partial charge is 0.277 e. The second kappa shape index (κ2) is 7.92. The molecule has 23 heavy (non-hydrogen) atoms. The zero-order chi connectivity index (χ0) is 16.8. The largest absolute Gasteiger partial charge is 0.483 e. The molecule has 0 aliphatic carbocycles. The van der Waals surface area contributed by atoms with E-state index in [1.807, 2.05) is 51.1 Å². The van der Waals surface area contributed by atoms with Crippen molar-refractivity contribution in [1.82, 2.24) is 5.43 Å². The van der Waals surface area contributed by atoms with Crippen LogP contribution < -0.4 is 10.2 Å². The first kappa shape index (κ1) is 17.2. The lowest BCUT2D eigenvalue weighted by Crippen LogP contribution is -2.24. The highest BCUT2D eigenvalue weighted by Gasteiger charge is 2.06. The van der Waals surface area contributed by atoms with Crippen LogP contribution in [0, 0.1) is 20.8 Å². The van der Waals surface area contributed by atoms with Crippen LogP contribution in [0.1, 0.15) is 22.3 Å². The standard InChI is InChI=1S/C18H19BrN2O2/c1-12-8-13(2)14(3)17(9-12)23-11-18(22)21-20-10-15-4-6-16(19)7-5-15/h4-10H,11H2,1-3H3,(H,21,22)/b20-10+. The maximum Gasteiger partial charge on any atom is 0.277 e. The van der Waals surface area contributed by atoms with Crippen molar-refractivity contribution in [2.24, 2.45) is 5.10 Å². The van der Waals surface area contributed by atoms with Crippen LogP contribution in [0.3, 0.4) is 0 Å². The molecule has 0 spiro atoms. The predicted octanol–water partition coefficient (Wildman–Crippen LogP) is 3.90. The third-order valence-electron chi connectivity index (χ3n) is 3.40. The Morgan fingerprint density at radius 1 is 1.22 bits per heavy atom. The van der Waals surface area contributed by atoms with Gasteiger partial charge < -0.3 is 4.74 Å². The summed E-state index contributed by atoms with van der Waals surface area (Å²) in [6, 6.07) is 11.6. The molecule has 0 bridgehead atoms. The molecule has 0 unspecified atom stereocenters. The summed E-state index contributed by atoms with van der Waals surface area (Å²) in [6.07, 6.45) is 1.59. The Bertz CT molecular complexity index is 725. The summed E-state index contributed by atoms with van der Waals surface area (Å²) >= 11 is 3.36. The number of halogens is 1. The zero-order valence-corrected chi connectivity index (χ0v) is 15.0. The highest BCUT2D eigenvalue weighted by Crippen LogP contribution is 2.23. The van der Waals surface area contributed by atoms with Gasteiger partial charge in [-0.2, -0.15) is 5.10 Å². The van der Waals surface area contributed by atoms with E-state index in [9.17, 15) is 4.79 Å². The molecule has 2 aromatic rings. The molecule has 0 atom stereocenters. The molecular formula is C18H19BrN2O2. The normalized spacial score (nSPS) is 10.8. The predicted molar refractivity (Wildman–Crippen MR) is 96.0 cm³/mol. The number of benzene rings is 2. The average Bonchev–Trinajstić information content (AvgIpc) is 2.51. The molecule has 0 heterocycles. The molecule has 0 saturated carbocycles. The van der Waals surface area contributed by atoms with Crippen LogP contribution in [0.4, 0.5) is 0 Å². The Hall–Kier alpha value is -2.14. The van der Waals surface area contributed by atoms with Gasteiger partial charge in [-0.3, -0.25) is 4.79 Å². The SMILES string of the molecule is Cc1cc(C)c(C)c(OCC(=O)N/N=C/c2ccc(Br)cc2)c1. The summed E-state index contributed by atoms with van der Waals surface area (Å²) in [5.74, 6) is 0.437. The van der Waals surface area contributed by atoms with Gasteiger partial charge in [-0.15, -0.1) is 0 Å². The van der Waals surface area contributed by atoms with E-state index in [0.717, 1.165) is 32.5 Å². The molecule has 5 heteroatoms. The highest BCUT2D eigenvalue weighted by atomic mass is 79.9. The van der Waals surface area contributed by atoms with Crippen molar-refractivity contribution >= 4 is 28.1 Å². The summed E-state index contributed by atoms with van der Waals surface area (Å²) in [5, 5.41) is 3.92. The van der Waals surface area contributed by atoms with Crippen LogP contribution in [0.2, 0.25) is 0 Å². The fourth-order valence-electron chi connectivity index (χ4n) is 2.05. The second-order valence-corrected chi connectivity index (χ2v) is 6.25. The Labute approximate surface area is 144 Å². The van der Waals surface area contributed by atoms with Crippen LogP contribution >= 0.6 is 15.9 Å². The third-order valence-corrected chi connectivity index (χ3v) is 3.92. The number of nitrogens with zero attached hydrogens (tertiary/aromatic N) is 1. The number of carbonyl (C=O) groups excluding carboxylic acids is 1. The molecule has 0 aliphatic heterocycles. The number of ether oxygens (including phenoxy) is 1. The first-order valence-corrected chi connectivity index (χ1v) is 8.03. The van der Waals surface area contributed by atoms with Gasteiger partial charge in [-0.1, -0.05) is 34.1 Å². The molecule has 4 nitrogen and oxygen atoms in total. The van der Waals surface area contributed by atoms with E-state index in [-0.39, 0.29) is 12.5 Å². The number of aryl methyl sites for hydroxylation is 2. The maximum absolute atomic E-state index is 11.8. The van der Waals surface area contributed by atoms with Crippen molar-refractivity contribution in [3.63, 3.8) is 0 Å². The van der Waals surface area contributed by atoms with Crippen molar-refractivity contribution < 1.29 is 9.53 Å². The van der Waals surface area contributed by atoms with Gasteiger partial charge in [0.15, 0.2) is 6.61 Å². The number of hydrogen-bond acceptors (Lipinski definition) is 3. The van der Waals surface area contributed by atoms with E-state index in [0.29, 0.717) is 0 Å². The molecule has 0 fully saturated rings. The van der Waals surface area contributed by atoms with Gasteiger partial charge in [0.2, 0.25) is 0 Å². The Kier molecular flexibility index (Phi) is 5.93. The van der Waals surface area contributed by atoms with Gasteiger partial charge in [0.1, 0.15) is 5.75 Å². The summed E-state index contributed by atoms with van der Waals surface area (Å²) in [5.41, 5.74) is 6.66. The van der Waals surface area contributed by atoms with Gasteiger partial charge >= 0.3 is 0 Å². The Balaban J connectivity index is 1.87. The van der Waals surface area contributed by atoms with E-state index in [2.05, 4.69) is 32.5 Å². The fourth-order valence-corrected chi connectivity index (χ4v) is 2.32. The molecule has 2 rings (SSSR count). The van der Waals surface area contributed by atoms with Gasteiger partial charge in [-0.25, -0.2) is 5.43 Å². The molecule has 120 valence electrons. The molecule has 1 N–H and O–H groups in total. The van der Waals surface area contributed by atoms with Crippen LogP contribution in [0.15, 0.2) is 46.0 Å². The lowest BCUT2D eigenvalue weighted by molar-refractivity contribution is -0.123. The number of amides is 1. The first-order chi connectivity index (χ1) is 11.0. The quantitative estimate of drug-likeness (QED) is 0.637. The highest BCUT2D eigenvalue weighted by molar-refractivity contribution is 9.10. The van der Waals surface area contributed by atoms with Gasteiger partial charge in [-0.05, 0) is 61.2 Å². The van der Waals surface area contributed by atoms with Crippen LogP contribution in [0.5, 0.6) is 5.75 Å². The molecule has 2 aromatic carbocycles. The Morgan fingerprint density at radius 2 is 1.91 bits per heavy atom. The number of carbonyl (C=O) groups is 1.